The summed E-state index contributed by atoms with van der Waals surface area (Å²) in [6.07, 6.45) is 2.65. The normalized spacial score (nSPS) is 31.9. The number of likely N-dealkylation sites (tertiary alicyclic amines) is 1. The molecule has 0 radical (unpaired) electrons. The lowest BCUT2D eigenvalue weighted by Crippen LogP contribution is -2.61. The Balaban J connectivity index is 1.42. The highest BCUT2D eigenvalue weighted by atomic mass is 16.5. The SMILES string of the molecule is CN1CCC(N2CCN3[C@@H](COC[C@@H]3c3ccccc3)C2)CC1. The molecule has 4 heteroatoms. The second-order valence-corrected chi connectivity index (χ2v) is 7.38. The van der Waals surface area contributed by atoms with E-state index in [0.717, 1.165) is 19.3 Å². The van der Waals surface area contributed by atoms with Crippen LogP contribution in [0.2, 0.25) is 0 Å². The van der Waals surface area contributed by atoms with Crippen LogP contribution in [0.4, 0.5) is 0 Å². The van der Waals surface area contributed by atoms with E-state index in [1.165, 1.54) is 51.1 Å². The summed E-state index contributed by atoms with van der Waals surface area (Å²) >= 11 is 0. The molecule has 0 bridgehead atoms. The molecule has 4 nitrogen and oxygen atoms in total. The highest BCUT2D eigenvalue weighted by Gasteiger charge is 2.38. The summed E-state index contributed by atoms with van der Waals surface area (Å²) < 4.78 is 5.98. The quantitative estimate of drug-likeness (QED) is 0.829. The highest BCUT2D eigenvalue weighted by Crippen LogP contribution is 2.31. The summed E-state index contributed by atoms with van der Waals surface area (Å²) in [4.78, 5) is 7.90. The van der Waals surface area contributed by atoms with Gasteiger partial charge in [0.2, 0.25) is 0 Å². The first-order chi connectivity index (χ1) is 11.3. The summed E-state index contributed by atoms with van der Waals surface area (Å²) in [6.45, 7) is 7.81. The second kappa shape index (κ2) is 6.89. The van der Waals surface area contributed by atoms with Crippen molar-refractivity contribution in [2.45, 2.75) is 31.0 Å². The van der Waals surface area contributed by atoms with Gasteiger partial charge in [-0.1, -0.05) is 30.3 Å². The van der Waals surface area contributed by atoms with Crippen molar-refractivity contribution in [2.24, 2.45) is 0 Å². The number of morpholine rings is 1. The number of benzene rings is 1. The molecule has 2 atom stereocenters. The summed E-state index contributed by atoms with van der Waals surface area (Å²) in [5.41, 5.74) is 1.41. The lowest BCUT2D eigenvalue weighted by molar-refractivity contribution is -0.0915. The number of fused-ring (bicyclic) bond motifs is 1. The maximum absolute atomic E-state index is 5.98. The Morgan fingerprint density at radius 1 is 0.913 bits per heavy atom. The van der Waals surface area contributed by atoms with Gasteiger partial charge in [-0.25, -0.2) is 0 Å². The molecule has 0 aromatic heterocycles. The van der Waals surface area contributed by atoms with E-state index in [1.807, 2.05) is 0 Å². The van der Waals surface area contributed by atoms with E-state index in [2.05, 4.69) is 52.1 Å². The van der Waals surface area contributed by atoms with Crippen LogP contribution >= 0.6 is 0 Å². The lowest BCUT2D eigenvalue weighted by atomic mass is 9.97. The monoisotopic (exact) mass is 315 g/mol. The van der Waals surface area contributed by atoms with Crippen LogP contribution in [-0.4, -0.2) is 79.8 Å². The largest absolute Gasteiger partial charge is 0.378 e. The fourth-order valence-electron chi connectivity index (χ4n) is 4.52. The van der Waals surface area contributed by atoms with Crippen LogP contribution in [0, 0.1) is 0 Å². The molecule has 0 aliphatic carbocycles. The third-order valence-corrected chi connectivity index (χ3v) is 5.93. The highest BCUT2D eigenvalue weighted by molar-refractivity contribution is 5.20. The third kappa shape index (κ3) is 3.31. The molecule has 126 valence electrons. The smallest absolute Gasteiger partial charge is 0.0664 e. The minimum atomic E-state index is 0.439. The molecule has 0 N–H and O–H groups in total. The Kier molecular flexibility index (Phi) is 4.67. The number of ether oxygens (including phenoxy) is 1. The van der Waals surface area contributed by atoms with Crippen LogP contribution in [0.1, 0.15) is 24.4 Å². The number of rotatable bonds is 2. The van der Waals surface area contributed by atoms with E-state index >= 15 is 0 Å². The standard InChI is InChI=1S/C19H29N3O/c1-20-9-7-17(8-10-20)21-11-12-22-18(13-21)14-23-15-19(22)16-5-3-2-4-6-16/h2-6,17-19H,7-15H2,1H3/t18-,19-/m1/s1. The van der Waals surface area contributed by atoms with Crippen molar-refractivity contribution in [3.63, 3.8) is 0 Å². The van der Waals surface area contributed by atoms with Crippen LogP contribution in [-0.2, 0) is 4.74 Å². The van der Waals surface area contributed by atoms with Crippen molar-refractivity contribution >= 4 is 0 Å². The van der Waals surface area contributed by atoms with Gasteiger partial charge in [0, 0.05) is 31.7 Å². The molecular weight excluding hydrogens is 286 g/mol. The van der Waals surface area contributed by atoms with Gasteiger partial charge in [0.05, 0.1) is 19.3 Å². The Morgan fingerprint density at radius 2 is 1.70 bits per heavy atom. The number of hydrogen-bond acceptors (Lipinski definition) is 4. The minimum absolute atomic E-state index is 0.439. The topological polar surface area (TPSA) is 19.0 Å². The van der Waals surface area contributed by atoms with Gasteiger partial charge >= 0.3 is 0 Å². The average molecular weight is 315 g/mol. The lowest BCUT2D eigenvalue weighted by Gasteiger charge is -2.50. The Labute approximate surface area is 140 Å². The van der Waals surface area contributed by atoms with Gasteiger partial charge in [0.25, 0.3) is 0 Å². The molecule has 0 spiro atoms. The van der Waals surface area contributed by atoms with E-state index in [4.69, 9.17) is 4.74 Å². The van der Waals surface area contributed by atoms with Crippen molar-refractivity contribution in [1.29, 1.82) is 0 Å². The van der Waals surface area contributed by atoms with Crippen molar-refractivity contribution in [3.05, 3.63) is 35.9 Å². The first kappa shape index (κ1) is 15.6. The zero-order chi connectivity index (χ0) is 15.6. The minimum Gasteiger partial charge on any atom is -0.378 e. The average Bonchev–Trinajstić information content (AvgIpc) is 2.62. The summed E-state index contributed by atoms with van der Waals surface area (Å²) in [6, 6.07) is 12.7. The molecule has 4 rings (SSSR count). The first-order valence-electron chi connectivity index (χ1n) is 9.12. The predicted molar refractivity (Wildman–Crippen MR) is 92.6 cm³/mol. The Bertz CT molecular complexity index is 501. The Morgan fingerprint density at radius 3 is 2.48 bits per heavy atom. The number of hydrogen-bond donors (Lipinski definition) is 0. The third-order valence-electron chi connectivity index (χ3n) is 5.93. The molecule has 3 heterocycles. The van der Waals surface area contributed by atoms with Crippen LogP contribution < -0.4 is 0 Å². The van der Waals surface area contributed by atoms with Crippen molar-refractivity contribution in [2.75, 3.05) is 53.0 Å². The van der Waals surface area contributed by atoms with Crippen LogP contribution in [0.3, 0.4) is 0 Å². The molecule has 0 amide bonds. The molecule has 3 aliphatic rings. The molecule has 0 unspecified atom stereocenters. The summed E-state index contributed by atoms with van der Waals surface area (Å²) in [7, 11) is 2.24. The van der Waals surface area contributed by atoms with E-state index < -0.39 is 0 Å². The predicted octanol–water partition coefficient (Wildman–Crippen LogP) is 1.84. The van der Waals surface area contributed by atoms with Crippen molar-refractivity contribution < 1.29 is 4.74 Å². The van der Waals surface area contributed by atoms with Gasteiger partial charge in [-0.3, -0.25) is 9.80 Å². The molecule has 3 aliphatic heterocycles. The van der Waals surface area contributed by atoms with Gasteiger partial charge in [0.15, 0.2) is 0 Å². The molecule has 1 aromatic carbocycles. The molecule has 0 saturated carbocycles. The molecular formula is C19H29N3O. The van der Waals surface area contributed by atoms with Crippen molar-refractivity contribution in [3.8, 4) is 0 Å². The molecule has 3 fully saturated rings. The van der Waals surface area contributed by atoms with Gasteiger partial charge in [-0.15, -0.1) is 0 Å². The Hall–Kier alpha value is -0.940. The number of nitrogens with zero attached hydrogens (tertiary/aromatic N) is 3. The molecule has 3 saturated heterocycles. The fourth-order valence-corrected chi connectivity index (χ4v) is 4.52. The van der Waals surface area contributed by atoms with E-state index in [1.54, 1.807) is 0 Å². The first-order valence-corrected chi connectivity index (χ1v) is 9.12. The van der Waals surface area contributed by atoms with Gasteiger partial charge in [-0.2, -0.15) is 0 Å². The van der Waals surface area contributed by atoms with E-state index in [9.17, 15) is 0 Å². The zero-order valence-corrected chi connectivity index (χ0v) is 14.2. The van der Waals surface area contributed by atoms with E-state index in [-0.39, 0.29) is 0 Å². The van der Waals surface area contributed by atoms with Gasteiger partial charge < -0.3 is 9.64 Å². The number of piperazine rings is 1. The summed E-state index contributed by atoms with van der Waals surface area (Å²) in [5.74, 6) is 0. The maximum atomic E-state index is 5.98. The fraction of sp³-hybridized carbons (Fsp3) is 0.684. The number of piperidine rings is 1. The van der Waals surface area contributed by atoms with Crippen LogP contribution in [0.5, 0.6) is 0 Å². The zero-order valence-electron chi connectivity index (χ0n) is 14.2. The van der Waals surface area contributed by atoms with Gasteiger partial charge in [-0.05, 0) is 38.5 Å². The maximum Gasteiger partial charge on any atom is 0.0664 e. The van der Waals surface area contributed by atoms with E-state index in [0.29, 0.717) is 12.1 Å². The molecule has 23 heavy (non-hydrogen) atoms. The summed E-state index contributed by atoms with van der Waals surface area (Å²) in [5, 5.41) is 0. The van der Waals surface area contributed by atoms with Crippen LogP contribution in [0.15, 0.2) is 30.3 Å². The van der Waals surface area contributed by atoms with Crippen molar-refractivity contribution in [1.82, 2.24) is 14.7 Å². The molecule has 1 aromatic rings. The van der Waals surface area contributed by atoms with Crippen LogP contribution in [0.25, 0.3) is 0 Å². The second-order valence-electron chi connectivity index (χ2n) is 7.38. The van der Waals surface area contributed by atoms with Gasteiger partial charge in [0.1, 0.15) is 0 Å².